The molecule has 0 radical (unpaired) electrons. The third-order valence-electron chi connectivity index (χ3n) is 3.88. The van der Waals surface area contributed by atoms with E-state index in [0.29, 0.717) is 6.42 Å². The highest BCUT2D eigenvalue weighted by Crippen LogP contribution is 2.32. The summed E-state index contributed by atoms with van der Waals surface area (Å²) >= 11 is 0. The van der Waals surface area contributed by atoms with Crippen molar-refractivity contribution in [1.29, 1.82) is 5.26 Å². The largest absolute Gasteiger partial charge is 0.346 e. The first-order valence-corrected chi connectivity index (χ1v) is 6.93. The lowest BCUT2D eigenvalue weighted by molar-refractivity contribution is -0.191. The van der Waals surface area contributed by atoms with Crippen LogP contribution in [0.25, 0.3) is 0 Å². The van der Waals surface area contributed by atoms with Crippen molar-refractivity contribution < 1.29 is 9.47 Å². The Morgan fingerprint density at radius 1 is 1.33 bits per heavy atom. The molecule has 2 aliphatic heterocycles. The molecular formula is C14H24N2O2. The maximum atomic E-state index is 8.70. The van der Waals surface area contributed by atoms with Crippen molar-refractivity contribution in [3.05, 3.63) is 0 Å². The van der Waals surface area contributed by atoms with E-state index in [-0.39, 0.29) is 11.2 Å². The minimum absolute atomic E-state index is 0.187. The summed E-state index contributed by atoms with van der Waals surface area (Å²) in [6.07, 6.45) is 3.74. The zero-order valence-electron chi connectivity index (χ0n) is 11.6. The average molecular weight is 252 g/mol. The van der Waals surface area contributed by atoms with Crippen LogP contribution in [0.2, 0.25) is 0 Å². The number of nitriles is 1. The molecule has 0 aromatic rings. The maximum absolute atomic E-state index is 8.70. The lowest BCUT2D eigenvalue weighted by Gasteiger charge is -2.41. The predicted molar refractivity (Wildman–Crippen MR) is 68.9 cm³/mol. The van der Waals surface area contributed by atoms with Gasteiger partial charge in [0.15, 0.2) is 5.79 Å². The Labute approximate surface area is 110 Å². The van der Waals surface area contributed by atoms with Crippen molar-refractivity contribution >= 4 is 0 Å². The van der Waals surface area contributed by atoms with Crippen LogP contribution in [0.1, 0.15) is 39.5 Å². The second kappa shape index (κ2) is 5.56. The van der Waals surface area contributed by atoms with Gasteiger partial charge in [-0.05, 0) is 24.8 Å². The van der Waals surface area contributed by atoms with E-state index in [9.17, 15) is 0 Å². The van der Waals surface area contributed by atoms with E-state index in [4.69, 9.17) is 14.7 Å². The molecule has 0 unspecified atom stereocenters. The molecule has 2 aliphatic rings. The molecule has 18 heavy (non-hydrogen) atoms. The molecule has 0 N–H and O–H groups in total. The van der Waals surface area contributed by atoms with Crippen molar-refractivity contribution in [2.75, 3.05) is 32.8 Å². The standard InChI is InChI=1S/C14H24N2O2/c1-13(2,5-3-7-15)11-16-8-4-6-14(12-16)17-9-10-18-14/h3-6,8-12H2,1-2H3. The molecule has 0 aromatic carbocycles. The summed E-state index contributed by atoms with van der Waals surface area (Å²) < 4.78 is 11.6. The van der Waals surface area contributed by atoms with Crippen LogP contribution in [0.5, 0.6) is 0 Å². The van der Waals surface area contributed by atoms with Crippen molar-refractivity contribution in [2.24, 2.45) is 5.41 Å². The van der Waals surface area contributed by atoms with Gasteiger partial charge >= 0.3 is 0 Å². The Hall–Kier alpha value is -0.630. The molecule has 2 fully saturated rings. The zero-order chi connectivity index (χ0) is 13.1. The van der Waals surface area contributed by atoms with Crippen LogP contribution in [0.4, 0.5) is 0 Å². The van der Waals surface area contributed by atoms with Gasteiger partial charge in [0.05, 0.1) is 25.8 Å². The number of hydrogen-bond acceptors (Lipinski definition) is 4. The van der Waals surface area contributed by atoms with Gasteiger partial charge < -0.3 is 9.47 Å². The molecule has 4 nitrogen and oxygen atoms in total. The molecule has 2 saturated heterocycles. The number of piperidine rings is 1. The quantitative estimate of drug-likeness (QED) is 0.769. The smallest absolute Gasteiger partial charge is 0.181 e. The van der Waals surface area contributed by atoms with Crippen molar-refractivity contribution in [3.63, 3.8) is 0 Å². The molecule has 102 valence electrons. The van der Waals surface area contributed by atoms with E-state index in [1.807, 2.05) is 0 Å². The number of nitrogens with zero attached hydrogens (tertiary/aromatic N) is 2. The third-order valence-corrected chi connectivity index (χ3v) is 3.88. The van der Waals surface area contributed by atoms with Gasteiger partial charge in [-0.2, -0.15) is 5.26 Å². The Bertz CT molecular complexity index is 316. The van der Waals surface area contributed by atoms with Gasteiger partial charge in [0.2, 0.25) is 0 Å². The lowest BCUT2D eigenvalue weighted by atomic mass is 9.86. The molecular weight excluding hydrogens is 228 g/mol. The molecule has 0 amide bonds. The first kappa shape index (κ1) is 13.8. The number of hydrogen-bond donors (Lipinski definition) is 0. The number of rotatable bonds is 4. The monoisotopic (exact) mass is 252 g/mol. The topological polar surface area (TPSA) is 45.5 Å². The van der Waals surface area contributed by atoms with Gasteiger partial charge in [0, 0.05) is 19.4 Å². The van der Waals surface area contributed by atoms with Gasteiger partial charge in [-0.3, -0.25) is 4.90 Å². The van der Waals surface area contributed by atoms with Crippen molar-refractivity contribution in [1.82, 2.24) is 4.90 Å². The fourth-order valence-electron chi connectivity index (χ4n) is 3.02. The normalized spacial score (nSPS) is 24.3. The Kier molecular flexibility index (Phi) is 4.26. The van der Waals surface area contributed by atoms with E-state index in [1.165, 1.54) is 0 Å². The fraction of sp³-hybridized carbons (Fsp3) is 0.929. The molecule has 4 heteroatoms. The van der Waals surface area contributed by atoms with E-state index in [2.05, 4.69) is 24.8 Å². The highest BCUT2D eigenvalue weighted by Gasteiger charge is 2.41. The maximum Gasteiger partial charge on any atom is 0.181 e. The Morgan fingerprint density at radius 3 is 2.72 bits per heavy atom. The van der Waals surface area contributed by atoms with Crippen molar-refractivity contribution in [3.8, 4) is 6.07 Å². The van der Waals surface area contributed by atoms with Gasteiger partial charge in [-0.25, -0.2) is 0 Å². The van der Waals surface area contributed by atoms with Crippen LogP contribution < -0.4 is 0 Å². The van der Waals surface area contributed by atoms with Crippen molar-refractivity contribution in [2.45, 2.75) is 45.3 Å². The van der Waals surface area contributed by atoms with Gasteiger partial charge in [-0.15, -0.1) is 0 Å². The summed E-state index contributed by atoms with van der Waals surface area (Å²) in [5.41, 5.74) is 0.187. The minimum Gasteiger partial charge on any atom is -0.346 e. The van der Waals surface area contributed by atoms with Crippen LogP contribution in [0.15, 0.2) is 0 Å². The van der Waals surface area contributed by atoms with E-state index < -0.39 is 0 Å². The minimum atomic E-state index is -0.330. The summed E-state index contributed by atoms with van der Waals surface area (Å²) in [5, 5.41) is 8.70. The molecule has 0 atom stereocenters. The van der Waals surface area contributed by atoms with E-state index >= 15 is 0 Å². The highest BCUT2D eigenvalue weighted by molar-refractivity contribution is 4.87. The van der Waals surface area contributed by atoms with E-state index in [1.54, 1.807) is 0 Å². The number of ether oxygens (including phenoxy) is 2. The summed E-state index contributed by atoms with van der Waals surface area (Å²) in [7, 11) is 0. The summed E-state index contributed by atoms with van der Waals surface area (Å²) in [6.45, 7) is 8.94. The second-order valence-corrected chi connectivity index (χ2v) is 6.24. The molecule has 2 rings (SSSR count). The van der Waals surface area contributed by atoms with Gasteiger partial charge in [-0.1, -0.05) is 13.8 Å². The zero-order valence-corrected chi connectivity index (χ0v) is 11.6. The number of likely N-dealkylation sites (tertiary alicyclic amines) is 1. The molecule has 0 bridgehead atoms. The van der Waals surface area contributed by atoms with Gasteiger partial charge in [0.1, 0.15) is 0 Å². The van der Waals surface area contributed by atoms with Gasteiger partial charge in [0.25, 0.3) is 0 Å². The first-order valence-electron chi connectivity index (χ1n) is 6.93. The highest BCUT2D eigenvalue weighted by atomic mass is 16.7. The van der Waals surface area contributed by atoms with Crippen LogP contribution in [-0.4, -0.2) is 43.5 Å². The molecule has 0 aliphatic carbocycles. The molecule has 2 heterocycles. The fourth-order valence-corrected chi connectivity index (χ4v) is 3.02. The Morgan fingerprint density at radius 2 is 2.06 bits per heavy atom. The molecule has 0 aromatic heterocycles. The SMILES string of the molecule is CC(C)(CCC#N)CN1CCCC2(C1)OCCO2. The van der Waals surface area contributed by atoms with Crippen LogP contribution in [-0.2, 0) is 9.47 Å². The van der Waals surface area contributed by atoms with Crippen LogP contribution in [0.3, 0.4) is 0 Å². The van der Waals surface area contributed by atoms with E-state index in [0.717, 1.165) is 52.1 Å². The summed E-state index contributed by atoms with van der Waals surface area (Å²) in [4.78, 5) is 2.44. The Balaban J connectivity index is 1.87. The average Bonchev–Trinajstić information content (AvgIpc) is 2.74. The third kappa shape index (κ3) is 3.44. The van der Waals surface area contributed by atoms with Crippen LogP contribution >= 0.6 is 0 Å². The van der Waals surface area contributed by atoms with Crippen LogP contribution in [0, 0.1) is 16.7 Å². The second-order valence-electron chi connectivity index (χ2n) is 6.24. The molecule has 0 saturated carbocycles. The summed E-state index contributed by atoms with van der Waals surface area (Å²) in [5.74, 6) is -0.330. The predicted octanol–water partition coefficient (Wildman–Crippen LogP) is 2.16. The molecule has 1 spiro atoms. The lowest BCUT2D eigenvalue weighted by Crippen LogP contribution is -2.51. The first-order chi connectivity index (χ1) is 8.55. The summed E-state index contributed by atoms with van der Waals surface area (Å²) in [6, 6.07) is 2.24.